The lowest BCUT2D eigenvalue weighted by Gasteiger charge is -2.42. The molecule has 2 aromatic carbocycles. The van der Waals surface area contributed by atoms with Crippen LogP contribution in [0.4, 0.5) is 0 Å². The van der Waals surface area contributed by atoms with E-state index < -0.39 is 21.8 Å². The molecule has 0 bridgehead atoms. The van der Waals surface area contributed by atoms with E-state index in [0.29, 0.717) is 30.4 Å². The van der Waals surface area contributed by atoms with Crippen molar-refractivity contribution in [3.63, 3.8) is 0 Å². The van der Waals surface area contributed by atoms with E-state index in [1.54, 1.807) is 36.4 Å². The Morgan fingerprint density at radius 2 is 1.93 bits per heavy atom. The minimum atomic E-state index is -3.94. The van der Waals surface area contributed by atoms with Crippen LogP contribution < -0.4 is 0 Å². The summed E-state index contributed by atoms with van der Waals surface area (Å²) in [6, 6.07) is 11.5. The zero-order chi connectivity index (χ0) is 19.4. The van der Waals surface area contributed by atoms with Gasteiger partial charge in [0.05, 0.1) is 11.1 Å². The third-order valence-corrected chi connectivity index (χ3v) is 7.57. The molecule has 2 N–H and O–H groups in total. The third-order valence-electron chi connectivity index (χ3n) is 5.87. The molecule has 1 aliphatic carbocycles. The van der Waals surface area contributed by atoms with Gasteiger partial charge >= 0.3 is 0 Å². The Morgan fingerprint density at radius 3 is 2.63 bits per heavy atom. The van der Waals surface area contributed by atoms with Gasteiger partial charge in [0.25, 0.3) is 10.1 Å². The van der Waals surface area contributed by atoms with E-state index in [0.717, 1.165) is 0 Å². The fourth-order valence-electron chi connectivity index (χ4n) is 4.47. The molecule has 1 fully saturated rings. The fourth-order valence-corrected chi connectivity index (χ4v) is 6.08. The molecule has 0 saturated heterocycles. The Labute approximate surface area is 163 Å². The Morgan fingerprint density at radius 1 is 1.19 bits per heavy atom. The topological polar surface area (TPSA) is 83.8 Å². The molecule has 2 aliphatic rings. The van der Waals surface area contributed by atoms with E-state index in [9.17, 15) is 18.6 Å². The predicted octanol–water partition coefficient (Wildman–Crippen LogP) is 3.81. The van der Waals surface area contributed by atoms with Gasteiger partial charge in [-0.05, 0) is 54.9 Å². The van der Waals surface area contributed by atoms with Gasteiger partial charge in [0.1, 0.15) is 16.2 Å². The van der Waals surface area contributed by atoms with E-state index in [1.165, 1.54) is 6.07 Å². The molecule has 0 spiro atoms. The van der Waals surface area contributed by atoms with Gasteiger partial charge in [-0.1, -0.05) is 42.8 Å². The van der Waals surface area contributed by atoms with Crippen molar-refractivity contribution < 1.29 is 22.8 Å². The lowest BCUT2D eigenvalue weighted by Crippen LogP contribution is -2.42. The van der Waals surface area contributed by atoms with Crippen molar-refractivity contribution in [1.29, 1.82) is 0 Å². The first-order chi connectivity index (χ1) is 12.8. The molecule has 4 rings (SSSR count). The summed E-state index contributed by atoms with van der Waals surface area (Å²) in [6.45, 7) is 1.96. The number of phenols is 1. The van der Waals surface area contributed by atoms with Crippen molar-refractivity contribution in [2.75, 3.05) is 0 Å². The van der Waals surface area contributed by atoms with Crippen molar-refractivity contribution in [2.24, 2.45) is 11.8 Å². The summed E-state index contributed by atoms with van der Waals surface area (Å²) in [6.07, 6.45) is 1.37. The average Bonchev–Trinajstić information content (AvgIpc) is 2.89. The molecule has 5 nitrogen and oxygen atoms in total. The zero-order valence-corrected chi connectivity index (χ0v) is 16.4. The summed E-state index contributed by atoms with van der Waals surface area (Å²) in [5.41, 5.74) is -0.127. The number of aliphatic hydroxyl groups excluding tert-OH is 1. The van der Waals surface area contributed by atoms with Gasteiger partial charge in [0.15, 0.2) is 0 Å². The van der Waals surface area contributed by atoms with E-state index in [4.69, 9.17) is 15.8 Å². The standard InChI is InChI=1S/C20H21ClO5S/c1-12-10-13(7-9-17(12)22)20(14-6-8-16(21)18(23)11-14)15-4-2-3-5-19(15)27(24,25)26-20/h2-6,8,11-13,17,22-23H,7,9-10H2,1H3. The molecule has 1 aliphatic heterocycles. The molecule has 1 saturated carbocycles. The molecule has 144 valence electrons. The minimum absolute atomic E-state index is 0.0144. The van der Waals surface area contributed by atoms with Crippen molar-refractivity contribution in [2.45, 2.75) is 42.8 Å². The molecule has 4 atom stereocenters. The van der Waals surface area contributed by atoms with Gasteiger partial charge < -0.3 is 10.2 Å². The largest absolute Gasteiger partial charge is 0.506 e. The lowest BCUT2D eigenvalue weighted by atomic mass is 9.67. The second-order valence-corrected chi connectivity index (χ2v) is 9.41. The first kappa shape index (κ1) is 18.7. The summed E-state index contributed by atoms with van der Waals surface area (Å²) in [4.78, 5) is 0.151. The lowest BCUT2D eigenvalue weighted by molar-refractivity contribution is -0.0155. The van der Waals surface area contributed by atoms with Gasteiger partial charge in [-0.25, -0.2) is 4.18 Å². The molecule has 0 radical (unpaired) electrons. The van der Waals surface area contributed by atoms with Crippen LogP contribution in [-0.4, -0.2) is 24.7 Å². The van der Waals surface area contributed by atoms with Crippen molar-refractivity contribution in [3.05, 3.63) is 58.6 Å². The Bertz CT molecular complexity index is 990. The highest BCUT2D eigenvalue weighted by atomic mass is 35.5. The molecule has 2 aromatic rings. The first-order valence-electron chi connectivity index (χ1n) is 8.98. The number of rotatable bonds is 2. The van der Waals surface area contributed by atoms with E-state index in [2.05, 4.69) is 0 Å². The summed E-state index contributed by atoms with van der Waals surface area (Å²) in [5.74, 6) is -0.279. The van der Waals surface area contributed by atoms with E-state index in [1.807, 2.05) is 6.92 Å². The van der Waals surface area contributed by atoms with Crippen LogP contribution in [0.1, 0.15) is 37.3 Å². The van der Waals surface area contributed by atoms with Crippen molar-refractivity contribution in [3.8, 4) is 5.75 Å². The molecule has 0 amide bonds. The molecule has 4 unspecified atom stereocenters. The quantitative estimate of drug-likeness (QED) is 0.738. The number of fused-ring (bicyclic) bond motifs is 1. The van der Waals surface area contributed by atoms with E-state index in [-0.39, 0.29) is 27.5 Å². The maximum Gasteiger partial charge on any atom is 0.298 e. The number of aliphatic hydroxyl groups is 1. The number of halogens is 1. The number of hydrogen-bond acceptors (Lipinski definition) is 5. The summed E-state index contributed by atoms with van der Waals surface area (Å²) < 4.78 is 31.5. The molecule has 0 aromatic heterocycles. The Kier molecular flexibility index (Phi) is 4.50. The monoisotopic (exact) mass is 408 g/mol. The maximum atomic E-state index is 12.8. The highest BCUT2D eigenvalue weighted by molar-refractivity contribution is 7.87. The smallest absolute Gasteiger partial charge is 0.298 e. The number of aromatic hydroxyl groups is 1. The van der Waals surface area contributed by atoms with Crippen LogP contribution in [0.15, 0.2) is 47.4 Å². The predicted molar refractivity (Wildman–Crippen MR) is 101 cm³/mol. The van der Waals surface area contributed by atoms with Gasteiger partial charge in [0.2, 0.25) is 0 Å². The average molecular weight is 409 g/mol. The molecule has 27 heavy (non-hydrogen) atoms. The van der Waals surface area contributed by atoms with Crippen molar-refractivity contribution in [1.82, 2.24) is 0 Å². The van der Waals surface area contributed by atoms with E-state index >= 15 is 0 Å². The maximum absolute atomic E-state index is 12.8. The molecular formula is C20H21ClO5S. The van der Waals surface area contributed by atoms with Crippen LogP contribution in [0.25, 0.3) is 0 Å². The third kappa shape index (κ3) is 2.86. The highest BCUT2D eigenvalue weighted by Gasteiger charge is 2.55. The highest BCUT2D eigenvalue weighted by Crippen LogP contribution is 2.55. The van der Waals surface area contributed by atoms with Gasteiger partial charge in [0, 0.05) is 5.56 Å². The summed E-state index contributed by atoms with van der Waals surface area (Å²) in [5, 5.41) is 20.5. The van der Waals surface area contributed by atoms with Crippen LogP contribution >= 0.6 is 11.6 Å². The molecule has 1 heterocycles. The molecular weight excluding hydrogens is 388 g/mol. The Hall–Kier alpha value is -1.60. The van der Waals surface area contributed by atoms with Crippen molar-refractivity contribution >= 4 is 21.7 Å². The van der Waals surface area contributed by atoms with Crippen LogP contribution in [0.3, 0.4) is 0 Å². The van der Waals surface area contributed by atoms with Gasteiger partial charge in [-0.15, -0.1) is 0 Å². The molecule has 7 heteroatoms. The van der Waals surface area contributed by atoms with Gasteiger partial charge in [-0.3, -0.25) is 0 Å². The minimum Gasteiger partial charge on any atom is -0.506 e. The number of phenolic OH excluding ortho intramolecular Hbond substituents is 1. The number of hydrogen-bond donors (Lipinski definition) is 2. The van der Waals surface area contributed by atoms with Crippen LogP contribution in [0.5, 0.6) is 5.75 Å². The second kappa shape index (κ2) is 6.48. The summed E-state index contributed by atoms with van der Waals surface area (Å²) in [7, 11) is -3.94. The van der Waals surface area contributed by atoms with Gasteiger partial charge in [-0.2, -0.15) is 8.42 Å². The van der Waals surface area contributed by atoms with Crippen LogP contribution in [0, 0.1) is 11.8 Å². The second-order valence-electron chi connectivity index (χ2n) is 7.49. The zero-order valence-electron chi connectivity index (χ0n) is 14.8. The fraction of sp³-hybridized carbons (Fsp3) is 0.400. The van der Waals surface area contributed by atoms with Crippen LogP contribution in [0.2, 0.25) is 5.02 Å². The first-order valence-corrected chi connectivity index (χ1v) is 10.8. The summed E-state index contributed by atoms with van der Waals surface area (Å²) >= 11 is 5.97. The Balaban J connectivity index is 1.96. The SMILES string of the molecule is CC1CC(C2(c3ccc(Cl)c(O)c3)OS(=O)(=O)c3ccccc32)CCC1O. The number of benzene rings is 2. The van der Waals surface area contributed by atoms with Crippen LogP contribution in [-0.2, 0) is 19.9 Å². The normalized spacial score (nSPS) is 32.2.